The molecule has 1 aliphatic rings. The van der Waals surface area contributed by atoms with E-state index in [9.17, 15) is 27.9 Å². The number of halogens is 3. The second-order valence-electron chi connectivity index (χ2n) is 5.97. The van der Waals surface area contributed by atoms with Crippen molar-refractivity contribution in [2.24, 2.45) is 5.92 Å². The van der Waals surface area contributed by atoms with Crippen LogP contribution < -0.4 is 5.32 Å². The van der Waals surface area contributed by atoms with Gasteiger partial charge in [-0.1, -0.05) is 12.8 Å². The number of amides is 2. The van der Waals surface area contributed by atoms with E-state index >= 15 is 0 Å². The van der Waals surface area contributed by atoms with Crippen molar-refractivity contribution in [1.29, 1.82) is 0 Å². The summed E-state index contributed by atoms with van der Waals surface area (Å²) in [6, 6.07) is 1.49. The van der Waals surface area contributed by atoms with Gasteiger partial charge in [-0.05, 0) is 25.0 Å². The lowest BCUT2D eigenvalue weighted by Crippen LogP contribution is -2.42. The minimum atomic E-state index is -1.72. The van der Waals surface area contributed by atoms with Crippen molar-refractivity contribution in [3.63, 3.8) is 0 Å². The number of carbonyl (C=O) groups excluding carboxylic acids is 2. The molecule has 1 aromatic carbocycles. The maximum absolute atomic E-state index is 13.5. The Bertz CT molecular complexity index is 639. The van der Waals surface area contributed by atoms with Gasteiger partial charge in [0.05, 0.1) is 11.8 Å². The molecule has 0 spiro atoms. The van der Waals surface area contributed by atoms with Gasteiger partial charge in [-0.3, -0.25) is 9.59 Å². The highest BCUT2D eigenvalue weighted by atomic mass is 19.2. The number of benzene rings is 1. The lowest BCUT2D eigenvalue weighted by atomic mass is 9.86. The van der Waals surface area contributed by atoms with Gasteiger partial charge >= 0.3 is 11.8 Å². The van der Waals surface area contributed by atoms with Crippen molar-refractivity contribution in [2.75, 3.05) is 18.9 Å². The predicted molar refractivity (Wildman–Crippen MR) is 80.5 cm³/mol. The third-order valence-electron chi connectivity index (χ3n) is 4.20. The Morgan fingerprint density at radius 3 is 2.54 bits per heavy atom. The minimum Gasteiger partial charge on any atom is -0.393 e. The zero-order valence-electron chi connectivity index (χ0n) is 13.2. The third kappa shape index (κ3) is 4.05. The molecule has 1 saturated carbocycles. The summed E-state index contributed by atoms with van der Waals surface area (Å²) in [5, 5.41) is 11.8. The summed E-state index contributed by atoms with van der Waals surface area (Å²) < 4.78 is 39.5. The van der Waals surface area contributed by atoms with Crippen LogP contribution in [0, 0.1) is 23.4 Å². The second kappa shape index (κ2) is 7.65. The van der Waals surface area contributed by atoms with Crippen LogP contribution in [0.2, 0.25) is 0 Å². The topological polar surface area (TPSA) is 69.6 Å². The zero-order chi connectivity index (χ0) is 17.9. The summed E-state index contributed by atoms with van der Waals surface area (Å²) in [5.74, 6) is -6.91. The van der Waals surface area contributed by atoms with Gasteiger partial charge in [0.2, 0.25) is 0 Å². The van der Waals surface area contributed by atoms with Gasteiger partial charge in [0.1, 0.15) is 0 Å². The largest absolute Gasteiger partial charge is 0.393 e. The smallest absolute Gasteiger partial charge is 0.313 e. The molecular weight excluding hydrogens is 325 g/mol. The number of rotatable bonds is 3. The van der Waals surface area contributed by atoms with Crippen LogP contribution in [0.15, 0.2) is 12.1 Å². The predicted octanol–water partition coefficient (Wildman–Crippen LogP) is 2.05. The number of nitrogens with zero attached hydrogens (tertiary/aromatic N) is 1. The fourth-order valence-corrected chi connectivity index (χ4v) is 2.81. The number of carbonyl (C=O) groups is 2. The molecule has 1 aromatic rings. The van der Waals surface area contributed by atoms with Crippen molar-refractivity contribution in [3.05, 3.63) is 29.6 Å². The van der Waals surface area contributed by atoms with Gasteiger partial charge < -0.3 is 15.3 Å². The molecule has 2 N–H and O–H groups in total. The molecule has 5 nitrogen and oxygen atoms in total. The first-order chi connectivity index (χ1) is 11.3. The lowest BCUT2D eigenvalue weighted by Gasteiger charge is -2.30. The van der Waals surface area contributed by atoms with Crippen molar-refractivity contribution < 1.29 is 27.9 Å². The Morgan fingerprint density at radius 1 is 1.21 bits per heavy atom. The van der Waals surface area contributed by atoms with Crippen molar-refractivity contribution in [3.8, 4) is 0 Å². The fraction of sp³-hybridized carbons (Fsp3) is 0.500. The number of likely N-dealkylation sites (N-methyl/N-ethyl adjacent to an activating group) is 1. The summed E-state index contributed by atoms with van der Waals surface area (Å²) in [4.78, 5) is 25.0. The van der Waals surface area contributed by atoms with Crippen molar-refractivity contribution in [2.45, 2.75) is 31.8 Å². The third-order valence-corrected chi connectivity index (χ3v) is 4.20. The molecule has 1 fully saturated rings. The first-order valence-electron chi connectivity index (χ1n) is 7.69. The molecule has 0 heterocycles. The Morgan fingerprint density at radius 2 is 1.88 bits per heavy atom. The average Bonchev–Trinajstić information content (AvgIpc) is 2.56. The van der Waals surface area contributed by atoms with E-state index in [-0.39, 0.29) is 12.5 Å². The van der Waals surface area contributed by atoms with E-state index in [1.54, 1.807) is 0 Å². The number of nitrogens with one attached hydrogen (secondary N) is 1. The minimum absolute atomic E-state index is 0.125. The second-order valence-corrected chi connectivity index (χ2v) is 5.97. The van der Waals surface area contributed by atoms with Crippen LogP contribution in [0.1, 0.15) is 25.7 Å². The van der Waals surface area contributed by atoms with Gasteiger partial charge in [-0.25, -0.2) is 13.2 Å². The summed E-state index contributed by atoms with van der Waals surface area (Å²) in [5.41, 5.74) is -0.613. The number of aliphatic hydroxyl groups excluding tert-OH is 1. The first-order valence-corrected chi connectivity index (χ1v) is 7.69. The highest BCUT2D eigenvalue weighted by Gasteiger charge is 2.28. The molecule has 1 aliphatic carbocycles. The first kappa shape index (κ1) is 18.3. The van der Waals surface area contributed by atoms with E-state index in [1.165, 1.54) is 7.05 Å². The molecule has 2 atom stereocenters. The molecule has 2 rings (SSSR count). The molecule has 2 unspecified atom stereocenters. The van der Waals surface area contributed by atoms with Gasteiger partial charge in [0.25, 0.3) is 0 Å². The van der Waals surface area contributed by atoms with Crippen LogP contribution in [0.4, 0.5) is 18.9 Å². The summed E-state index contributed by atoms with van der Waals surface area (Å²) in [6.45, 7) is 0.188. The summed E-state index contributed by atoms with van der Waals surface area (Å²) in [7, 11) is 1.39. The lowest BCUT2D eigenvalue weighted by molar-refractivity contribution is -0.143. The maximum Gasteiger partial charge on any atom is 0.313 e. The summed E-state index contributed by atoms with van der Waals surface area (Å²) >= 11 is 0. The van der Waals surface area contributed by atoms with Crippen LogP contribution >= 0.6 is 0 Å². The van der Waals surface area contributed by atoms with Crippen molar-refractivity contribution >= 4 is 17.5 Å². The SMILES string of the molecule is CN(CC1CCCCC1O)C(=O)C(=O)Nc1ccc(F)c(F)c1F. The van der Waals surface area contributed by atoms with Gasteiger partial charge in [-0.15, -0.1) is 0 Å². The van der Waals surface area contributed by atoms with Gasteiger partial charge in [-0.2, -0.15) is 0 Å². The normalized spacial score (nSPS) is 20.5. The van der Waals surface area contributed by atoms with Crippen LogP contribution in [0.3, 0.4) is 0 Å². The van der Waals surface area contributed by atoms with Crippen LogP contribution in [-0.4, -0.2) is 41.5 Å². The highest BCUT2D eigenvalue weighted by molar-refractivity contribution is 6.39. The van der Waals surface area contributed by atoms with E-state index in [0.29, 0.717) is 12.5 Å². The number of anilines is 1. The Labute approximate surface area is 137 Å². The number of aliphatic hydroxyl groups is 1. The molecule has 24 heavy (non-hydrogen) atoms. The molecule has 0 bridgehead atoms. The monoisotopic (exact) mass is 344 g/mol. The van der Waals surface area contributed by atoms with E-state index in [4.69, 9.17) is 0 Å². The van der Waals surface area contributed by atoms with Crippen molar-refractivity contribution in [1.82, 2.24) is 4.90 Å². The Kier molecular flexibility index (Phi) is 5.82. The molecule has 0 aliphatic heterocycles. The number of hydrogen-bond acceptors (Lipinski definition) is 3. The zero-order valence-corrected chi connectivity index (χ0v) is 13.2. The quantitative estimate of drug-likeness (QED) is 0.651. The molecule has 8 heteroatoms. The average molecular weight is 344 g/mol. The Hall–Kier alpha value is -2.09. The molecule has 0 radical (unpaired) electrons. The standard InChI is InChI=1S/C16H19F3N2O3/c1-21(8-9-4-2-3-5-12(9)22)16(24)15(23)20-11-7-6-10(17)13(18)14(11)19/h6-7,9,12,22H,2-5,8H2,1H3,(H,20,23). The fourth-order valence-electron chi connectivity index (χ4n) is 2.81. The van der Waals surface area contributed by atoms with E-state index in [1.807, 2.05) is 5.32 Å². The molecular formula is C16H19F3N2O3. The van der Waals surface area contributed by atoms with Crippen LogP contribution in [0.5, 0.6) is 0 Å². The van der Waals surface area contributed by atoms with Gasteiger partial charge in [0, 0.05) is 19.5 Å². The number of hydrogen-bond donors (Lipinski definition) is 2. The highest BCUT2D eigenvalue weighted by Crippen LogP contribution is 2.25. The molecule has 0 saturated heterocycles. The maximum atomic E-state index is 13.5. The van der Waals surface area contributed by atoms with E-state index in [2.05, 4.69) is 0 Å². The Balaban J connectivity index is 1.99. The molecule has 2 amide bonds. The van der Waals surface area contributed by atoms with E-state index in [0.717, 1.165) is 30.2 Å². The van der Waals surface area contributed by atoms with E-state index < -0.39 is 41.1 Å². The molecule has 0 aromatic heterocycles. The molecule has 132 valence electrons. The van der Waals surface area contributed by atoms with Gasteiger partial charge in [0.15, 0.2) is 17.5 Å². The van der Waals surface area contributed by atoms with Crippen LogP contribution in [0.25, 0.3) is 0 Å². The summed E-state index contributed by atoms with van der Waals surface area (Å²) in [6.07, 6.45) is 2.74. The van der Waals surface area contributed by atoms with Crippen LogP contribution in [-0.2, 0) is 9.59 Å².